The number of benzene rings is 1. The smallest absolute Gasteiger partial charge is 0.346 e. The first-order valence-electron chi connectivity index (χ1n) is 7.34. The molecular formula is C16H19N3O2S. The van der Waals surface area contributed by atoms with Crippen LogP contribution in [0.1, 0.15) is 17.7 Å². The molecule has 0 atom stereocenters. The van der Waals surface area contributed by atoms with Crippen molar-refractivity contribution in [1.29, 1.82) is 0 Å². The zero-order valence-corrected chi connectivity index (χ0v) is 13.6. The minimum atomic E-state index is -0.137. The van der Waals surface area contributed by atoms with Crippen molar-refractivity contribution in [2.45, 2.75) is 19.8 Å². The van der Waals surface area contributed by atoms with Crippen LogP contribution in [-0.4, -0.2) is 35.7 Å². The monoisotopic (exact) mass is 317 g/mol. The minimum absolute atomic E-state index is 0.137. The predicted octanol–water partition coefficient (Wildman–Crippen LogP) is 2.97. The molecule has 2 heterocycles. The van der Waals surface area contributed by atoms with E-state index in [0.29, 0.717) is 4.80 Å². The predicted molar refractivity (Wildman–Crippen MR) is 86.7 cm³/mol. The van der Waals surface area contributed by atoms with Gasteiger partial charge in [0.25, 0.3) is 0 Å². The number of thiazole rings is 1. The summed E-state index contributed by atoms with van der Waals surface area (Å²) < 4.78 is 7.13. The van der Waals surface area contributed by atoms with E-state index in [9.17, 15) is 4.79 Å². The first-order valence-corrected chi connectivity index (χ1v) is 8.16. The van der Waals surface area contributed by atoms with Crippen LogP contribution in [0.15, 0.2) is 35.5 Å². The molecule has 0 aliphatic carbocycles. The van der Waals surface area contributed by atoms with Crippen LogP contribution < -0.4 is 9.54 Å². The van der Waals surface area contributed by atoms with Crippen molar-refractivity contribution in [3.05, 3.63) is 40.1 Å². The highest BCUT2D eigenvalue weighted by Crippen LogP contribution is 2.16. The second kappa shape index (κ2) is 6.36. The third kappa shape index (κ3) is 3.06. The molecule has 1 aromatic carbocycles. The zero-order chi connectivity index (χ0) is 15.5. The Kier molecular flexibility index (Phi) is 4.29. The van der Waals surface area contributed by atoms with E-state index >= 15 is 0 Å². The Morgan fingerprint density at radius 3 is 2.55 bits per heavy atom. The lowest BCUT2D eigenvalue weighted by atomic mass is 10.3. The van der Waals surface area contributed by atoms with Gasteiger partial charge in [0.1, 0.15) is 5.75 Å². The molecule has 22 heavy (non-hydrogen) atoms. The summed E-state index contributed by atoms with van der Waals surface area (Å²) in [6.07, 6.45) is 4.15. The van der Waals surface area contributed by atoms with Gasteiger partial charge in [-0.15, -0.1) is 11.3 Å². The summed E-state index contributed by atoms with van der Waals surface area (Å²) in [5.74, 6) is 0.808. The summed E-state index contributed by atoms with van der Waals surface area (Å²) >= 11 is 1.52. The maximum atomic E-state index is 12.2. The molecule has 0 saturated carbocycles. The van der Waals surface area contributed by atoms with Crippen molar-refractivity contribution in [1.82, 2.24) is 9.47 Å². The van der Waals surface area contributed by atoms with Crippen molar-refractivity contribution in [2.24, 2.45) is 4.99 Å². The Bertz CT molecular complexity index is 725. The summed E-state index contributed by atoms with van der Waals surface area (Å²) in [7, 11) is 1.65. The number of ether oxygens (including phenoxy) is 1. The minimum Gasteiger partial charge on any atom is -0.497 e. The molecule has 1 aromatic heterocycles. The SMILES string of the molecule is COc1ccc(-n2cc(C)s/c2=N\C(=O)N2CCCC2)cc1. The number of rotatable bonds is 2. The molecule has 0 N–H and O–H groups in total. The van der Waals surface area contributed by atoms with E-state index in [1.54, 1.807) is 7.11 Å². The van der Waals surface area contributed by atoms with Crippen LogP contribution in [0, 0.1) is 6.92 Å². The van der Waals surface area contributed by atoms with Crippen LogP contribution in [0.4, 0.5) is 4.79 Å². The maximum Gasteiger partial charge on any atom is 0.346 e. The second-order valence-corrected chi connectivity index (χ2v) is 6.49. The van der Waals surface area contributed by atoms with Gasteiger partial charge in [0.05, 0.1) is 7.11 Å². The van der Waals surface area contributed by atoms with Gasteiger partial charge >= 0.3 is 6.03 Å². The van der Waals surface area contributed by atoms with Crippen molar-refractivity contribution in [2.75, 3.05) is 20.2 Å². The summed E-state index contributed by atoms with van der Waals surface area (Å²) in [5, 5.41) is 0. The van der Waals surface area contributed by atoms with E-state index in [1.165, 1.54) is 11.3 Å². The topological polar surface area (TPSA) is 46.8 Å². The first-order chi connectivity index (χ1) is 10.7. The molecule has 6 heteroatoms. The van der Waals surface area contributed by atoms with Crippen molar-refractivity contribution < 1.29 is 9.53 Å². The summed E-state index contributed by atoms with van der Waals surface area (Å²) in [6.45, 7) is 3.65. The van der Waals surface area contributed by atoms with E-state index in [4.69, 9.17) is 4.74 Å². The molecule has 2 aromatic rings. The Morgan fingerprint density at radius 1 is 1.23 bits per heavy atom. The van der Waals surface area contributed by atoms with Crippen LogP contribution in [0.5, 0.6) is 5.75 Å². The normalized spacial score (nSPS) is 15.4. The van der Waals surface area contributed by atoms with Crippen molar-refractivity contribution in [3.8, 4) is 11.4 Å². The van der Waals surface area contributed by atoms with Crippen LogP contribution >= 0.6 is 11.3 Å². The highest BCUT2D eigenvalue weighted by atomic mass is 32.1. The van der Waals surface area contributed by atoms with Crippen LogP contribution in [0.25, 0.3) is 5.69 Å². The number of carbonyl (C=O) groups excluding carboxylic acids is 1. The lowest BCUT2D eigenvalue weighted by molar-refractivity contribution is 0.218. The zero-order valence-electron chi connectivity index (χ0n) is 12.8. The van der Waals surface area contributed by atoms with Crippen LogP contribution in [0.2, 0.25) is 0 Å². The molecule has 1 saturated heterocycles. The number of carbonyl (C=O) groups is 1. The Balaban J connectivity index is 1.96. The van der Waals surface area contributed by atoms with Gasteiger partial charge in [0, 0.05) is 29.9 Å². The second-order valence-electron chi connectivity index (χ2n) is 5.28. The quantitative estimate of drug-likeness (QED) is 0.855. The highest BCUT2D eigenvalue weighted by molar-refractivity contribution is 7.09. The van der Waals surface area contributed by atoms with Gasteiger partial charge in [-0.1, -0.05) is 0 Å². The van der Waals surface area contributed by atoms with Gasteiger partial charge in [-0.05, 0) is 44.0 Å². The fraction of sp³-hybridized carbons (Fsp3) is 0.375. The number of nitrogens with zero attached hydrogens (tertiary/aromatic N) is 3. The van der Waals surface area contributed by atoms with Gasteiger partial charge < -0.3 is 9.64 Å². The lowest BCUT2D eigenvalue weighted by Gasteiger charge is -2.10. The fourth-order valence-corrected chi connectivity index (χ4v) is 3.35. The number of methoxy groups -OCH3 is 1. The standard InChI is InChI=1S/C16H19N3O2S/c1-12-11-19(13-5-7-14(21-2)8-6-13)16(22-12)17-15(20)18-9-3-4-10-18/h5-8,11H,3-4,9-10H2,1-2H3/b17-16-. The van der Waals surface area contributed by atoms with Crippen LogP contribution in [-0.2, 0) is 0 Å². The number of urea groups is 1. The van der Waals surface area contributed by atoms with E-state index in [0.717, 1.165) is 42.2 Å². The molecule has 1 aliphatic rings. The molecule has 1 fully saturated rings. The molecule has 2 amide bonds. The van der Waals surface area contributed by atoms with Gasteiger partial charge in [-0.25, -0.2) is 4.79 Å². The van der Waals surface area contributed by atoms with Gasteiger partial charge in [-0.2, -0.15) is 4.99 Å². The molecule has 0 bridgehead atoms. The van der Waals surface area contributed by atoms with Gasteiger partial charge in [0.2, 0.25) is 0 Å². The third-order valence-corrected chi connectivity index (χ3v) is 4.59. The lowest BCUT2D eigenvalue weighted by Crippen LogP contribution is -2.27. The number of aromatic nitrogens is 1. The Labute approximate surface area is 133 Å². The third-order valence-electron chi connectivity index (χ3n) is 3.69. The number of hydrogen-bond acceptors (Lipinski definition) is 3. The van der Waals surface area contributed by atoms with Gasteiger partial charge in [-0.3, -0.25) is 4.57 Å². The summed E-state index contributed by atoms with van der Waals surface area (Å²) in [6, 6.07) is 7.60. The molecule has 3 rings (SSSR count). The fourth-order valence-electron chi connectivity index (χ4n) is 2.52. The molecular weight excluding hydrogens is 298 g/mol. The van der Waals surface area contributed by atoms with Crippen molar-refractivity contribution >= 4 is 17.4 Å². The van der Waals surface area contributed by atoms with E-state index in [2.05, 4.69) is 4.99 Å². The molecule has 0 spiro atoms. The summed E-state index contributed by atoms with van der Waals surface area (Å²) in [5.41, 5.74) is 0.970. The molecule has 5 nitrogen and oxygen atoms in total. The molecule has 0 unspecified atom stereocenters. The number of likely N-dealkylation sites (tertiary alicyclic amines) is 1. The van der Waals surface area contributed by atoms with E-state index in [-0.39, 0.29) is 6.03 Å². The number of amides is 2. The number of hydrogen-bond donors (Lipinski definition) is 0. The van der Waals surface area contributed by atoms with Gasteiger partial charge in [0.15, 0.2) is 4.80 Å². The van der Waals surface area contributed by atoms with E-state index in [1.807, 2.05) is 46.9 Å². The van der Waals surface area contributed by atoms with Crippen molar-refractivity contribution in [3.63, 3.8) is 0 Å². The van der Waals surface area contributed by atoms with E-state index < -0.39 is 0 Å². The maximum absolute atomic E-state index is 12.2. The average Bonchev–Trinajstić information content (AvgIpc) is 3.17. The largest absolute Gasteiger partial charge is 0.497 e. The average molecular weight is 317 g/mol. The molecule has 0 radical (unpaired) electrons. The molecule has 116 valence electrons. The first kappa shape index (κ1) is 14.8. The highest BCUT2D eigenvalue weighted by Gasteiger charge is 2.17. The number of aryl methyl sites for hydroxylation is 1. The van der Waals surface area contributed by atoms with Crippen LogP contribution in [0.3, 0.4) is 0 Å². The Hall–Kier alpha value is -2.08. The summed E-state index contributed by atoms with van der Waals surface area (Å²) in [4.78, 5) is 20.2. The molecule has 1 aliphatic heterocycles. The Morgan fingerprint density at radius 2 is 1.91 bits per heavy atom.